The summed E-state index contributed by atoms with van der Waals surface area (Å²) in [4.78, 5) is 14.8. The lowest BCUT2D eigenvalue weighted by molar-refractivity contribution is -0.384. The zero-order chi connectivity index (χ0) is 16.5. The van der Waals surface area contributed by atoms with Crippen molar-refractivity contribution in [3.05, 3.63) is 57.1 Å². The van der Waals surface area contributed by atoms with Crippen molar-refractivity contribution >= 4 is 39.4 Å². The Morgan fingerprint density at radius 1 is 1.08 bits per heavy atom. The van der Waals surface area contributed by atoms with Crippen LogP contribution in [0.25, 0.3) is 22.4 Å². The Kier molecular flexibility index (Phi) is 3.62. The Balaban J connectivity index is 1.61. The van der Waals surface area contributed by atoms with Gasteiger partial charge < -0.3 is 9.47 Å². The molecule has 0 N–H and O–H groups in total. The highest BCUT2D eigenvalue weighted by Gasteiger charge is 2.11. The highest BCUT2D eigenvalue weighted by Crippen LogP contribution is 2.32. The molecule has 0 saturated heterocycles. The molecule has 0 spiro atoms. The van der Waals surface area contributed by atoms with Crippen LogP contribution in [0.5, 0.6) is 11.5 Å². The lowest BCUT2D eigenvalue weighted by atomic mass is 10.2. The molecule has 7 heteroatoms. The largest absolute Gasteiger partial charge is 0.486 e. The van der Waals surface area contributed by atoms with Gasteiger partial charge in [-0.1, -0.05) is 12.1 Å². The van der Waals surface area contributed by atoms with E-state index in [4.69, 9.17) is 9.47 Å². The van der Waals surface area contributed by atoms with Gasteiger partial charge in [-0.15, -0.1) is 11.3 Å². The van der Waals surface area contributed by atoms with Crippen LogP contribution in [0.15, 0.2) is 36.4 Å². The summed E-state index contributed by atoms with van der Waals surface area (Å²) in [5.41, 5.74) is 1.66. The molecule has 24 heavy (non-hydrogen) atoms. The number of rotatable bonds is 3. The summed E-state index contributed by atoms with van der Waals surface area (Å²) in [7, 11) is 0. The van der Waals surface area contributed by atoms with E-state index in [0.717, 1.165) is 26.8 Å². The first-order chi connectivity index (χ1) is 11.7. The van der Waals surface area contributed by atoms with E-state index in [1.165, 1.54) is 23.5 Å². The monoisotopic (exact) mass is 340 g/mol. The maximum Gasteiger partial charge on any atom is 0.271 e. The molecule has 0 aliphatic carbocycles. The van der Waals surface area contributed by atoms with Gasteiger partial charge in [0, 0.05) is 12.1 Å². The van der Waals surface area contributed by atoms with Crippen LogP contribution in [-0.4, -0.2) is 23.1 Å². The van der Waals surface area contributed by atoms with Crippen LogP contribution in [0.1, 0.15) is 10.6 Å². The lowest BCUT2D eigenvalue weighted by Gasteiger charge is -2.18. The Morgan fingerprint density at radius 2 is 1.92 bits per heavy atom. The highest BCUT2D eigenvalue weighted by atomic mass is 32.1. The van der Waals surface area contributed by atoms with E-state index in [1.54, 1.807) is 6.07 Å². The third-order valence-corrected chi connectivity index (χ3v) is 4.58. The van der Waals surface area contributed by atoms with Gasteiger partial charge in [0.15, 0.2) is 11.5 Å². The summed E-state index contributed by atoms with van der Waals surface area (Å²) in [5.74, 6) is 1.49. The number of thiazole rings is 1. The summed E-state index contributed by atoms with van der Waals surface area (Å²) in [6, 6.07) is 10.5. The van der Waals surface area contributed by atoms with Crippen molar-refractivity contribution < 1.29 is 14.4 Å². The predicted molar refractivity (Wildman–Crippen MR) is 92.6 cm³/mol. The molecule has 1 aliphatic rings. The summed E-state index contributed by atoms with van der Waals surface area (Å²) < 4.78 is 12.0. The number of nitro benzene ring substituents is 1. The Bertz CT molecular complexity index is 964. The number of nitro groups is 1. The molecule has 0 amide bonds. The minimum absolute atomic E-state index is 0.0511. The first kappa shape index (κ1) is 14.6. The van der Waals surface area contributed by atoms with Crippen LogP contribution >= 0.6 is 11.3 Å². The van der Waals surface area contributed by atoms with Gasteiger partial charge in [0.1, 0.15) is 18.2 Å². The van der Waals surface area contributed by atoms with Gasteiger partial charge >= 0.3 is 0 Å². The average molecular weight is 340 g/mol. The Hall–Kier alpha value is -2.93. The molecule has 0 bridgehead atoms. The molecule has 4 rings (SSSR count). The van der Waals surface area contributed by atoms with Crippen molar-refractivity contribution in [2.24, 2.45) is 0 Å². The van der Waals surface area contributed by atoms with E-state index in [-0.39, 0.29) is 5.69 Å². The van der Waals surface area contributed by atoms with Crippen LogP contribution in [-0.2, 0) is 0 Å². The molecular formula is C17H12N2O4S. The maximum atomic E-state index is 10.8. The van der Waals surface area contributed by atoms with E-state index >= 15 is 0 Å². The van der Waals surface area contributed by atoms with Gasteiger partial charge in [-0.05, 0) is 29.8 Å². The molecule has 0 unspecified atom stereocenters. The fourth-order valence-electron chi connectivity index (χ4n) is 2.45. The molecule has 2 aromatic carbocycles. The second kappa shape index (κ2) is 5.93. The second-order valence-corrected chi connectivity index (χ2v) is 6.26. The summed E-state index contributed by atoms with van der Waals surface area (Å²) in [6.07, 6.45) is 3.83. The van der Waals surface area contributed by atoms with Crippen molar-refractivity contribution in [3.8, 4) is 11.5 Å². The van der Waals surface area contributed by atoms with Crippen LogP contribution < -0.4 is 9.47 Å². The van der Waals surface area contributed by atoms with Gasteiger partial charge in [0.25, 0.3) is 5.69 Å². The molecule has 6 nitrogen and oxygen atoms in total. The standard InChI is InChI=1S/C17H12N2O4S/c20-19(21)12-3-5-16-13(10-12)18-17(24-16)6-2-11-1-4-14-15(9-11)23-8-7-22-14/h1-6,9-10H,7-8H2/b6-2+. The van der Waals surface area contributed by atoms with Gasteiger partial charge in [0.2, 0.25) is 0 Å². The number of non-ortho nitro benzene ring substituents is 1. The number of aromatic nitrogens is 1. The van der Waals surface area contributed by atoms with Crippen LogP contribution in [0.3, 0.4) is 0 Å². The molecule has 2 heterocycles. The molecule has 1 aromatic heterocycles. The van der Waals surface area contributed by atoms with Gasteiger partial charge in [-0.25, -0.2) is 4.98 Å². The summed E-state index contributed by atoms with van der Waals surface area (Å²) >= 11 is 1.49. The van der Waals surface area contributed by atoms with Crippen LogP contribution in [0, 0.1) is 10.1 Å². The fraction of sp³-hybridized carbons (Fsp3) is 0.118. The number of hydrogen-bond acceptors (Lipinski definition) is 6. The second-order valence-electron chi connectivity index (χ2n) is 5.20. The van der Waals surface area contributed by atoms with Crippen LogP contribution in [0.4, 0.5) is 5.69 Å². The van der Waals surface area contributed by atoms with Crippen LogP contribution in [0.2, 0.25) is 0 Å². The number of hydrogen-bond donors (Lipinski definition) is 0. The molecule has 0 atom stereocenters. The number of ether oxygens (including phenoxy) is 2. The molecule has 0 fully saturated rings. The maximum absolute atomic E-state index is 10.8. The normalized spacial score (nSPS) is 13.5. The topological polar surface area (TPSA) is 74.5 Å². The minimum Gasteiger partial charge on any atom is -0.486 e. The highest BCUT2D eigenvalue weighted by molar-refractivity contribution is 7.19. The van der Waals surface area contributed by atoms with Gasteiger partial charge in [-0.2, -0.15) is 0 Å². The molecular weight excluding hydrogens is 328 g/mol. The zero-order valence-corrected chi connectivity index (χ0v) is 13.3. The average Bonchev–Trinajstić information content (AvgIpc) is 3.01. The van der Waals surface area contributed by atoms with E-state index in [1.807, 2.05) is 30.4 Å². The Morgan fingerprint density at radius 3 is 2.75 bits per heavy atom. The number of nitrogens with zero attached hydrogens (tertiary/aromatic N) is 2. The molecule has 120 valence electrons. The summed E-state index contributed by atoms with van der Waals surface area (Å²) in [6.45, 7) is 1.12. The first-order valence-corrected chi connectivity index (χ1v) is 8.13. The van der Waals surface area contributed by atoms with E-state index in [0.29, 0.717) is 18.7 Å². The molecule has 0 saturated carbocycles. The van der Waals surface area contributed by atoms with Gasteiger partial charge in [-0.3, -0.25) is 10.1 Å². The smallest absolute Gasteiger partial charge is 0.271 e. The number of benzene rings is 2. The third kappa shape index (κ3) is 2.81. The molecule has 0 radical (unpaired) electrons. The SMILES string of the molecule is O=[N+]([O-])c1ccc2sc(/C=C/c3ccc4c(c3)OCCO4)nc2c1. The third-order valence-electron chi connectivity index (χ3n) is 3.58. The predicted octanol–water partition coefficient (Wildman–Crippen LogP) is 4.15. The zero-order valence-electron chi connectivity index (χ0n) is 12.5. The molecule has 1 aliphatic heterocycles. The van der Waals surface area contributed by atoms with Gasteiger partial charge in [0.05, 0.1) is 15.1 Å². The van der Waals surface area contributed by atoms with Crippen molar-refractivity contribution in [2.45, 2.75) is 0 Å². The molecule has 3 aromatic rings. The summed E-state index contributed by atoms with van der Waals surface area (Å²) in [5, 5.41) is 11.6. The van der Waals surface area contributed by atoms with E-state index < -0.39 is 4.92 Å². The van der Waals surface area contributed by atoms with Crippen molar-refractivity contribution in [1.82, 2.24) is 4.98 Å². The first-order valence-electron chi connectivity index (χ1n) is 7.32. The Labute approximate surface area is 141 Å². The quantitative estimate of drug-likeness (QED) is 0.529. The fourth-order valence-corrected chi connectivity index (χ4v) is 3.30. The lowest BCUT2D eigenvalue weighted by Crippen LogP contribution is -2.15. The van der Waals surface area contributed by atoms with Crippen molar-refractivity contribution in [2.75, 3.05) is 13.2 Å². The minimum atomic E-state index is -0.413. The van der Waals surface area contributed by atoms with E-state index in [9.17, 15) is 10.1 Å². The number of fused-ring (bicyclic) bond motifs is 2. The van der Waals surface area contributed by atoms with E-state index in [2.05, 4.69) is 4.98 Å². The van der Waals surface area contributed by atoms with Crippen molar-refractivity contribution in [1.29, 1.82) is 0 Å². The van der Waals surface area contributed by atoms with Crippen molar-refractivity contribution in [3.63, 3.8) is 0 Å².